The number of aryl methyl sites for hydroxylation is 1. The van der Waals surface area contributed by atoms with Gasteiger partial charge in [0.2, 0.25) is 0 Å². The van der Waals surface area contributed by atoms with Gasteiger partial charge >= 0.3 is 5.97 Å². The van der Waals surface area contributed by atoms with E-state index in [2.05, 4.69) is 5.32 Å². The molecule has 1 unspecified atom stereocenters. The Balaban J connectivity index is 1.93. The number of ether oxygens (including phenoxy) is 2. The third-order valence-corrected chi connectivity index (χ3v) is 2.88. The molecule has 5 heteroatoms. The predicted molar refractivity (Wildman–Crippen MR) is 67.2 cm³/mol. The summed E-state index contributed by atoms with van der Waals surface area (Å²) in [5.74, 6) is -0.900. The average Bonchev–Trinajstić information content (AvgIpc) is 2.37. The first-order chi connectivity index (χ1) is 8.66. The zero-order valence-corrected chi connectivity index (χ0v) is 10.3. The molecule has 0 spiro atoms. The molecule has 1 saturated heterocycles. The lowest BCUT2D eigenvalue weighted by molar-refractivity contribution is -0.0818. The quantitative estimate of drug-likeness (QED) is 0.849. The SMILES string of the molecule is Cc1cc(NCC2COCCO2)ccc1C(=O)O. The number of hydrogen-bond acceptors (Lipinski definition) is 4. The first kappa shape index (κ1) is 12.9. The van der Waals surface area contributed by atoms with Crippen LogP contribution in [0.15, 0.2) is 18.2 Å². The minimum absolute atomic E-state index is 0.0539. The fourth-order valence-electron chi connectivity index (χ4n) is 1.90. The molecule has 18 heavy (non-hydrogen) atoms. The second-order valence-corrected chi connectivity index (χ2v) is 4.28. The Hall–Kier alpha value is -1.59. The van der Waals surface area contributed by atoms with Gasteiger partial charge in [-0.1, -0.05) is 0 Å². The van der Waals surface area contributed by atoms with Gasteiger partial charge in [-0.3, -0.25) is 0 Å². The topological polar surface area (TPSA) is 67.8 Å². The highest BCUT2D eigenvalue weighted by Crippen LogP contribution is 2.15. The Kier molecular flexibility index (Phi) is 4.17. The molecule has 1 aliphatic rings. The van der Waals surface area contributed by atoms with Gasteiger partial charge in [-0.05, 0) is 30.7 Å². The summed E-state index contributed by atoms with van der Waals surface area (Å²) in [6.07, 6.45) is 0.0539. The molecule has 1 heterocycles. The van der Waals surface area contributed by atoms with Gasteiger partial charge in [0.15, 0.2) is 0 Å². The zero-order chi connectivity index (χ0) is 13.0. The highest BCUT2D eigenvalue weighted by molar-refractivity contribution is 5.89. The second-order valence-electron chi connectivity index (χ2n) is 4.28. The Bertz CT molecular complexity index is 427. The van der Waals surface area contributed by atoms with Gasteiger partial charge in [0.05, 0.1) is 31.5 Å². The minimum Gasteiger partial charge on any atom is -0.478 e. The Labute approximate surface area is 106 Å². The van der Waals surface area contributed by atoms with Crippen LogP contribution in [0.3, 0.4) is 0 Å². The van der Waals surface area contributed by atoms with Crippen LogP contribution in [0.2, 0.25) is 0 Å². The average molecular weight is 251 g/mol. The molecule has 1 aromatic carbocycles. The van der Waals surface area contributed by atoms with Crippen LogP contribution in [0.4, 0.5) is 5.69 Å². The van der Waals surface area contributed by atoms with Crippen molar-refractivity contribution >= 4 is 11.7 Å². The molecule has 5 nitrogen and oxygen atoms in total. The van der Waals surface area contributed by atoms with Gasteiger partial charge in [0.1, 0.15) is 0 Å². The Morgan fingerprint density at radius 3 is 2.94 bits per heavy atom. The summed E-state index contributed by atoms with van der Waals surface area (Å²) < 4.78 is 10.8. The van der Waals surface area contributed by atoms with Crippen molar-refractivity contribution in [2.45, 2.75) is 13.0 Å². The van der Waals surface area contributed by atoms with E-state index in [1.165, 1.54) is 0 Å². The molecule has 2 rings (SSSR count). The van der Waals surface area contributed by atoms with Crippen molar-refractivity contribution in [3.05, 3.63) is 29.3 Å². The van der Waals surface area contributed by atoms with E-state index in [9.17, 15) is 4.79 Å². The molecule has 2 N–H and O–H groups in total. The van der Waals surface area contributed by atoms with Crippen LogP contribution in [0.1, 0.15) is 15.9 Å². The van der Waals surface area contributed by atoms with E-state index in [1.807, 2.05) is 6.07 Å². The van der Waals surface area contributed by atoms with E-state index in [0.29, 0.717) is 31.9 Å². The van der Waals surface area contributed by atoms with Crippen molar-refractivity contribution in [1.29, 1.82) is 0 Å². The first-order valence-corrected chi connectivity index (χ1v) is 5.94. The fraction of sp³-hybridized carbons (Fsp3) is 0.462. The standard InChI is InChI=1S/C13H17NO4/c1-9-6-10(2-3-12(9)13(15)16)14-7-11-8-17-4-5-18-11/h2-3,6,11,14H,4-5,7-8H2,1H3,(H,15,16). The van der Waals surface area contributed by atoms with E-state index < -0.39 is 5.97 Å². The molecule has 0 aliphatic carbocycles. The summed E-state index contributed by atoms with van der Waals surface area (Å²) in [6, 6.07) is 5.20. The summed E-state index contributed by atoms with van der Waals surface area (Å²) in [6.45, 7) is 4.33. The second kappa shape index (κ2) is 5.84. The lowest BCUT2D eigenvalue weighted by Gasteiger charge is -2.23. The van der Waals surface area contributed by atoms with Crippen LogP contribution in [0.25, 0.3) is 0 Å². The summed E-state index contributed by atoms with van der Waals surface area (Å²) >= 11 is 0. The predicted octanol–water partition coefficient (Wildman–Crippen LogP) is 1.52. The molecule has 1 fully saturated rings. The minimum atomic E-state index is -0.900. The highest BCUT2D eigenvalue weighted by atomic mass is 16.6. The maximum Gasteiger partial charge on any atom is 0.335 e. The molecule has 0 bridgehead atoms. The molecule has 0 saturated carbocycles. The molecule has 0 amide bonds. The maximum atomic E-state index is 10.9. The van der Waals surface area contributed by atoms with Crippen molar-refractivity contribution in [3.8, 4) is 0 Å². The summed E-state index contributed by atoms with van der Waals surface area (Å²) in [7, 11) is 0. The molecular weight excluding hydrogens is 234 g/mol. The number of rotatable bonds is 4. The van der Waals surface area contributed by atoms with Crippen LogP contribution >= 0.6 is 0 Å². The lowest BCUT2D eigenvalue weighted by atomic mass is 10.1. The van der Waals surface area contributed by atoms with E-state index in [0.717, 1.165) is 11.3 Å². The number of anilines is 1. The molecule has 98 valence electrons. The Morgan fingerprint density at radius 1 is 1.50 bits per heavy atom. The number of carboxylic acid groups (broad SMARTS) is 1. The largest absolute Gasteiger partial charge is 0.478 e. The summed E-state index contributed by atoms with van der Waals surface area (Å²) in [5.41, 5.74) is 1.97. The number of carbonyl (C=O) groups is 1. The van der Waals surface area contributed by atoms with E-state index >= 15 is 0 Å². The number of hydrogen-bond donors (Lipinski definition) is 2. The monoisotopic (exact) mass is 251 g/mol. The highest BCUT2D eigenvalue weighted by Gasteiger charge is 2.14. The molecule has 1 aliphatic heterocycles. The normalized spacial score (nSPS) is 19.5. The van der Waals surface area contributed by atoms with Crippen LogP contribution in [-0.2, 0) is 9.47 Å². The smallest absolute Gasteiger partial charge is 0.335 e. The molecule has 0 radical (unpaired) electrons. The van der Waals surface area contributed by atoms with Gasteiger partial charge in [0, 0.05) is 12.2 Å². The third-order valence-electron chi connectivity index (χ3n) is 2.88. The summed E-state index contributed by atoms with van der Waals surface area (Å²) in [5, 5.41) is 12.2. The fourth-order valence-corrected chi connectivity index (χ4v) is 1.90. The Morgan fingerprint density at radius 2 is 2.33 bits per heavy atom. The number of aromatic carboxylic acids is 1. The van der Waals surface area contributed by atoms with Crippen molar-refractivity contribution in [2.75, 3.05) is 31.7 Å². The summed E-state index contributed by atoms with van der Waals surface area (Å²) in [4.78, 5) is 10.9. The van der Waals surface area contributed by atoms with Crippen LogP contribution in [0.5, 0.6) is 0 Å². The number of nitrogens with one attached hydrogen (secondary N) is 1. The van der Waals surface area contributed by atoms with Crippen LogP contribution in [-0.4, -0.2) is 43.5 Å². The number of benzene rings is 1. The van der Waals surface area contributed by atoms with E-state index in [1.54, 1.807) is 19.1 Å². The van der Waals surface area contributed by atoms with Gasteiger partial charge in [-0.25, -0.2) is 4.79 Å². The van der Waals surface area contributed by atoms with Crippen molar-refractivity contribution < 1.29 is 19.4 Å². The molecule has 0 aromatic heterocycles. The van der Waals surface area contributed by atoms with E-state index in [4.69, 9.17) is 14.6 Å². The van der Waals surface area contributed by atoms with Gasteiger partial charge < -0.3 is 19.9 Å². The van der Waals surface area contributed by atoms with Gasteiger partial charge in [0.25, 0.3) is 0 Å². The lowest BCUT2D eigenvalue weighted by Crippen LogP contribution is -2.34. The third kappa shape index (κ3) is 3.21. The van der Waals surface area contributed by atoms with Gasteiger partial charge in [-0.2, -0.15) is 0 Å². The van der Waals surface area contributed by atoms with Crippen LogP contribution in [0, 0.1) is 6.92 Å². The first-order valence-electron chi connectivity index (χ1n) is 5.94. The maximum absolute atomic E-state index is 10.9. The number of carboxylic acids is 1. The zero-order valence-electron chi connectivity index (χ0n) is 10.3. The van der Waals surface area contributed by atoms with E-state index in [-0.39, 0.29) is 6.10 Å². The van der Waals surface area contributed by atoms with Crippen molar-refractivity contribution in [3.63, 3.8) is 0 Å². The molecule has 1 aromatic rings. The molecular formula is C13H17NO4. The van der Waals surface area contributed by atoms with Crippen molar-refractivity contribution in [1.82, 2.24) is 0 Å². The van der Waals surface area contributed by atoms with Crippen LogP contribution < -0.4 is 5.32 Å². The van der Waals surface area contributed by atoms with Crippen molar-refractivity contribution in [2.24, 2.45) is 0 Å². The molecule has 1 atom stereocenters. The van der Waals surface area contributed by atoms with Gasteiger partial charge in [-0.15, -0.1) is 0 Å².